The van der Waals surface area contributed by atoms with Gasteiger partial charge in [0, 0.05) is 24.4 Å². The number of hydrogen-bond acceptors (Lipinski definition) is 3. The summed E-state index contributed by atoms with van der Waals surface area (Å²) in [7, 11) is 1.41. The van der Waals surface area contributed by atoms with Gasteiger partial charge >= 0.3 is 6.18 Å². The van der Waals surface area contributed by atoms with Crippen molar-refractivity contribution in [2.45, 2.75) is 45.3 Å². The van der Waals surface area contributed by atoms with Gasteiger partial charge in [0.25, 0.3) is 5.91 Å². The van der Waals surface area contributed by atoms with E-state index in [1.165, 1.54) is 19.2 Å². The predicted molar refractivity (Wildman–Crippen MR) is 113 cm³/mol. The Morgan fingerprint density at radius 3 is 2.52 bits per heavy atom. The van der Waals surface area contributed by atoms with E-state index >= 15 is 0 Å². The van der Waals surface area contributed by atoms with Crippen LogP contribution in [-0.4, -0.2) is 42.7 Å². The second-order valence-electron chi connectivity index (χ2n) is 7.45. The third-order valence-electron chi connectivity index (χ3n) is 4.79. The zero-order chi connectivity index (χ0) is 23.3. The molecular formula is C20H24ClF4N5O. The summed E-state index contributed by atoms with van der Waals surface area (Å²) in [5.41, 5.74) is 6.37. The second kappa shape index (κ2) is 10.2. The van der Waals surface area contributed by atoms with Gasteiger partial charge in [-0.1, -0.05) is 11.6 Å². The molecule has 1 amide bonds. The van der Waals surface area contributed by atoms with Crippen molar-refractivity contribution in [2.75, 3.05) is 7.05 Å². The molecule has 3 N–H and O–H groups in total. The lowest BCUT2D eigenvalue weighted by molar-refractivity contribution is -0.176. The van der Waals surface area contributed by atoms with Crippen LogP contribution in [0.4, 0.5) is 17.6 Å². The molecule has 1 aromatic carbocycles. The maximum Gasteiger partial charge on any atom is 0.392 e. The summed E-state index contributed by atoms with van der Waals surface area (Å²) in [6.45, 7) is 3.49. The Morgan fingerprint density at radius 2 is 1.97 bits per heavy atom. The quantitative estimate of drug-likeness (QED) is 0.397. The van der Waals surface area contributed by atoms with Crippen LogP contribution in [0.15, 0.2) is 33.2 Å². The Bertz CT molecular complexity index is 911. The number of nitrogens with one attached hydrogen (secondary N) is 1. The zero-order valence-corrected chi connectivity index (χ0v) is 18.1. The first-order valence-corrected chi connectivity index (χ1v) is 10.0. The molecule has 2 unspecified atom stereocenters. The van der Waals surface area contributed by atoms with Crippen LogP contribution in [-0.2, 0) is 0 Å². The molecule has 0 radical (unpaired) electrons. The van der Waals surface area contributed by atoms with Gasteiger partial charge in [-0.25, -0.2) is 9.38 Å². The molecule has 0 spiro atoms. The number of nitrogens with two attached hydrogens (primary N) is 1. The summed E-state index contributed by atoms with van der Waals surface area (Å²) in [6, 6.07) is 3.28. The van der Waals surface area contributed by atoms with Crippen molar-refractivity contribution < 1.29 is 22.4 Å². The van der Waals surface area contributed by atoms with E-state index in [9.17, 15) is 22.4 Å². The first-order chi connectivity index (χ1) is 14.4. The molecule has 0 aliphatic heterocycles. The van der Waals surface area contributed by atoms with Crippen molar-refractivity contribution in [3.8, 4) is 0 Å². The minimum atomic E-state index is -4.31. The van der Waals surface area contributed by atoms with E-state index in [2.05, 4.69) is 20.3 Å². The molecule has 11 heteroatoms. The molecule has 1 aliphatic carbocycles. The number of benzene rings is 1. The third kappa shape index (κ3) is 6.75. The van der Waals surface area contributed by atoms with Gasteiger partial charge in [0.2, 0.25) is 5.96 Å². The van der Waals surface area contributed by atoms with Crippen molar-refractivity contribution in [2.24, 2.45) is 32.5 Å². The average Bonchev–Trinajstić information content (AvgIpc) is 2.68. The first-order valence-electron chi connectivity index (χ1n) is 9.62. The smallest absolute Gasteiger partial charge is 0.386 e. The van der Waals surface area contributed by atoms with Gasteiger partial charge in [0.1, 0.15) is 11.7 Å². The van der Waals surface area contributed by atoms with Gasteiger partial charge in [-0.3, -0.25) is 15.1 Å². The topological polar surface area (TPSA) is 92.2 Å². The summed E-state index contributed by atoms with van der Waals surface area (Å²) < 4.78 is 52.9. The number of amidine groups is 1. The molecule has 0 bridgehead atoms. The fourth-order valence-electron chi connectivity index (χ4n) is 3.22. The number of carbonyl (C=O) groups excluding carboxylic acids is 1. The SMILES string of the molecule is CN=C1CC(C(F)(F)F)CCC1C(N)=NC(=NC(C)C)NC(=O)c1ccc(Cl)c(F)c1. The van der Waals surface area contributed by atoms with E-state index in [1.54, 1.807) is 13.8 Å². The summed E-state index contributed by atoms with van der Waals surface area (Å²) in [5, 5.41) is 2.33. The number of carbonyl (C=O) groups is 1. The fourth-order valence-corrected chi connectivity index (χ4v) is 3.34. The number of halogens is 5. The van der Waals surface area contributed by atoms with Crippen LogP contribution in [0.2, 0.25) is 5.02 Å². The minimum Gasteiger partial charge on any atom is -0.386 e. The molecule has 1 saturated carbocycles. The van der Waals surface area contributed by atoms with Crippen LogP contribution in [0.1, 0.15) is 43.5 Å². The molecule has 6 nitrogen and oxygen atoms in total. The number of alkyl halides is 3. The van der Waals surface area contributed by atoms with Crippen LogP contribution >= 0.6 is 11.6 Å². The van der Waals surface area contributed by atoms with Crippen LogP contribution in [0.5, 0.6) is 0 Å². The fraction of sp³-hybridized carbons (Fsp3) is 0.500. The maximum atomic E-state index is 13.7. The van der Waals surface area contributed by atoms with Gasteiger partial charge in [0.15, 0.2) is 0 Å². The third-order valence-corrected chi connectivity index (χ3v) is 5.10. The molecule has 1 aromatic rings. The lowest BCUT2D eigenvalue weighted by atomic mass is 9.79. The predicted octanol–water partition coefficient (Wildman–Crippen LogP) is 4.38. The van der Waals surface area contributed by atoms with E-state index in [-0.39, 0.29) is 47.7 Å². The monoisotopic (exact) mass is 461 g/mol. The molecule has 0 saturated heterocycles. The Kier molecular flexibility index (Phi) is 8.16. The second-order valence-corrected chi connectivity index (χ2v) is 7.86. The molecule has 1 aliphatic rings. The number of amides is 1. The lowest BCUT2D eigenvalue weighted by Gasteiger charge is -2.31. The molecule has 0 aromatic heterocycles. The molecule has 2 rings (SSSR count). The number of rotatable bonds is 3. The average molecular weight is 462 g/mol. The van der Waals surface area contributed by atoms with Crippen molar-refractivity contribution in [3.63, 3.8) is 0 Å². The highest BCUT2D eigenvalue weighted by molar-refractivity contribution is 6.30. The number of guanidine groups is 1. The molecule has 1 fully saturated rings. The molecular weight excluding hydrogens is 438 g/mol. The maximum absolute atomic E-state index is 13.7. The van der Waals surface area contributed by atoms with Crippen LogP contribution < -0.4 is 11.1 Å². The normalized spacial score (nSPS) is 22.2. The van der Waals surface area contributed by atoms with E-state index in [0.29, 0.717) is 5.71 Å². The zero-order valence-electron chi connectivity index (χ0n) is 17.3. The van der Waals surface area contributed by atoms with Gasteiger partial charge in [-0.15, -0.1) is 0 Å². The van der Waals surface area contributed by atoms with Crippen molar-refractivity contribution in [3.05, 3.63) is 34.6 Å². The molecule has 31 heavy (non-hydrogen) atoms. The molecule has 0 heterocycles. The van der Waals surface area contributed by atoms with Crippen LogP contribution in [0, 0.1) is 17.7 Å². The molecule has 2 atom stereocenters. The summed E-state index contributed by atoms with van der Waals surface area (Å²) in [6.07, 6.45) is -4.54. The number of hydrogen-bond donors (Lipinski definition) is 2. The lowest BCUT2D eigenvalue weighted by Crippen LogP contribution is -2.41. The van der Waals surface area contributed by atoms with E-state index in [4.69, 9.17) is 17.3 Å². The van der Waals surface area contributed by atoms with Gasteiger partial charge < -0.3 is 5.73 Å². The van der Waals surface area contributed by atoms with Crippen LogP contribution in [0.3, 0.4) is 0 Å². The van der Waals surface area contributed by atoms with Gasteiger partial charge in [0.05, 0.1) is 16.9 Å². The van der Waals surface area contributed by atoms with Crippen molar-refractivity contribution in [1.82, 2.24) is 5.32 Å². The highest BCUT2D eigenvalue weighted by atomic mass is 35.5. The van der Waals surface area contributed by atoms with Crippen molar-refractivity contribution in [1.29, 1.82) is 0 Å². The first kappa shape index (κ1) is 24.8. The van der Waals surface area contributed by atoms with Crippen LogP contribution in [0.25, 0.3) is 0 Å². The van der Waals surface area contributed by atoms with Gasteiger partial charge in [-0.2, -0.15) is 18.2 Å². The minimum absolute atomic E-state index is 0.00297. The Balaban J connectivity index is 2.24. The molecule has 170 valence electrons. The Morgan fingerprint density at radius 1 is 1.29 bits per heavy atom. The summed E-state index contributed by atoms with van der Waals surface area (Å²) in [5.74, 6) is -3.63. The number of aliphatic imine (C=N–C) groups is 3. The number of nitrogens with zero attached hydrogens (tertiary/aromatic N) is 3. The van der Waals surface area contributed by atoms with E-state index in [1.807, 2.05) is 0 Å². The van der Waals surface area contributed by atoms with Gasteiger partial charge in [-0.05, 0) is 51.3 Å². The summed E-state index contributed by atoms with van der Waals surface area (Å²) >= 11 is 5.63. The highest BCUT2D eigenvalue weighted by Gasteiger charge is 2.44. The Labute approximate surface area is 182 Å². The van der Waals surface area contributed by atoms with E-state index in [0.717, 1.165) is 6.07 Å². The highest BCUT2D eigenvalue weighted by Crippen LogP contribution is 2.38. The van der Waals surface area contributed by atoms with Crippen molar-refractivity contribution >= 4 is 35.0 Å². The standard InChI is InChI=1S/C20H24ClF4N5O/c1-10(2)28-19(30-18(31)11-4-7-14(21)15(22)8-11)29-17(26)13-6-5-12(20(23,24)25)9-16(13)27-3/h4,7-8,10,12-13H,5-6,9H2,1-3H3,(H3,26,28,29,30,31). The Hall–Kier alpha value is -2.49. The summed E-state index contributed by atoms with van der Waals surface area (Å²) in [4.78, 5) is 24.8. The van der Waals surface area contributed by atoms with E-state index < -0.39 is 29.7 Å². The largest absolute Gasteiger partial charge is 0.392 e.